The molecule has 2 rings (SSSR count). The number of aryl methyl sites for hydroxylation is 1. The van der Waals surface area contributed by atoms with E-state index in [1.807, 2.05) is 19.1 Å². The van der Waals surface area contributed by atoms with E-state index in [0.29, 0.717) is 5.75 Å². The lowest BCUT2D eigenvalue weighted by molar-refractivity contribution is 0.297. The molecule has 94 valence electrons. The number of benzene rings is 2. The predicted octanol–water partition coefficient (Wildman–Crippen LogP) is 4.61. The first-order valence-electron chi connectivity index (χ1n) is 5.39. The fraction of sp³-hybridized carbons (Fsp3) is 0.143. The molecule has 2 aromatic carbocycles. The topological polar surface area (TPSA) is 9.23 Å². The summed E-state index contributed by atoms with van der Waals surface area (Å²) in [7, 11) is 0. The Hall–Kier alpha value is -1.42. The van der Waals surface area contributed by atoms with Gasteiger partial charge in [-0.3, -0.25) is 0 Å². The summed E-state index contributed by atoms with van der Waals surface area (Å²) < 4.78 is 32.6. The van der Waals surface area contributed by atoms with E-state index < -0.39 is 11.6 Å². The molecule has 0 amide bonds. The second kappa shape index (κ2) is 5.48. The van der Waals surface area contributed by atoms with Crippen molar-refractivity contribution in [1.29, 1.82) is 0 Å². The van der Waals surface area contributed by atoms with Crippen molar-refractivity contribution in [2.75, 3.05) is 0 Å². The largest absolute Gasteiger partial charge is 0.488 e. The molecule has 2 aromatic rings. The van der Waals surface area contributed by atoms with Crippen molar-refractivity contribution in [1.82, 2.24) is 0 Å². The van der Waals surface area contributed by atoms with Gasteiger partial charge in [0.25, 0.3) is 0 Å². The third kappa shape index (κ3) is 3.07. The summed E-state index contributed by atoms with van der Waals surface area (Å²) in [6.45, 7) is 1.95. The van der Waals surface area contributed by atoms with Crippen molar-refractivity contribution >= 4 is 15.9 Å². The molecule has 0 aliphatic rings. The maximum absolute atomic E-state index is 13.4. The molecule has 0 spiro atoms. The highest BCUT2D eigenvalue weighted by Crippen LogP contribution is 2.26. The van der Waals surface area contributed by atoms with Crippen LogP contribution < -0.4 is 4.74 Å². The van der Waals surface area contributed by atoms with Gasteiger partial charge in [0.15, 0.2) is 0 Å². The van der Waals surface area contributed by atoms with E-state index in [-0.39, 0.29) is 12.2 Å². The Balaban J connectivity index is 2.13. The summed E-state index contributed by atoms with van der Waals surface area (Å²) in [6.07, 6.45) is 0. The van der Waals surface area contributed by atoms with Crippen LogP contribution in [-0.2, 0) is 6.61 Å². The van der Waals surface area contributed by atoms with Gasteiger partial charge in [0, 0.05) is 5.56 Å². The molecule has 18 heavy (non-hydrogen) atoms. The minimum Gasteiger partial charge on any atom is -0.488 e. The van der Waals surface area contributed by atoms with Crippen LogP contribution >= 0.6 is 15.9 Å². The SMILES string of the molecule is Cc1ccc(OCc2cc(F)ccc2F)c(Br)c1. The lowest BCUT2D eigenvalue weighted by Gasteiger charge is -2.09. The standard InChI is InChI=1S/C14H11BrF2O/c1-9-2-5-14(12(15)6-9)18-8-10-7-11(16)3-4-13(10)17/h2-7H,8H2,1H3. The number of ether oxygens (including phenoxy) is 1. The molecule has 0 aromatic heterocycles. The monoisotopic (exact) mass is 312 g/mol. The Morgan fingerprint density at radius 3 is 2.61 bits per heavy atom. The number of rotatable bonds is 3. The fourth-order valence-corrected chi connectivity index (χ4v) is 2.14. The van der Waals surface area contributed by atoms with Crippen molar-refractivity contribution in [3.05, 3.63) is 63.6 Å². The molecule has 0 aliphatic heterocycles. The van der Waals surface area contributed by atoms with Crippen LogP contribution in [0.1, 0.15) is 11.1 Å². The highest BCUT2D eigenvalue weighted by Gasteiger charge is 2.06. The minimum absolute atomic E-state index is 0.00868. The molecule has 0 N–H and O–H groups in total. The lowest BCUT2D eigenvalue weighted by atomic mass is 10.2. The van der Waals surface area contributed by atoms with Gasteiger partial charge in [-0.1, -0.05) is 6.07 Å². The summed E-state index contributed by atoms with van der Waals surface area (Å²) >= 11 is 3.36. The van der Waals surface area contributed by atoms with Crippen LogP contribution in [0.3, 0.4) is 0 Å². The Morgan fingerprint density at radius 1 is 1.11 bits per heavy atom. The molecule has 1 nitrogen and oxygen atoms in total. The van der Waals surface area contributed by atoms with E-state index in [4.69, 9.17) is 4.74 Å². The van der Waals surface area contributed by atoms with Gasteiger partial charge in [0.2, 0.25) is 0 Å². The van der Waals surface area contributed by atoms with E-state index in [1.165, 1.54) is 0 Å². The Bertz CT molecular complexity index is 570. The van der Waals surface area contributed by atoms with Crippen molar-refractivity contribution < 1.29 is 13.5 Å². The van der Waals surface area contributed by atoms with Gasteiger partial charge in [-0.25, -0.2) is 8.78 Å². The Labute approximate surface area is 113 Å². The minimum atomic E-state index is -0.474. The van der Waals surface area contributed by atoms with Crippen molar-refractivity contribution in [2.24, 2.45) is 0 Å². The second-order valence-electron chi connectivity index (χ2n) is 3.96. The quantitative estimate of drug-likeness (QED) is 0.804. The average Bonchev–Trinajstić information content (AvgIpc) is 2.32. The van der Waals surface area contributed by atoms with Crippen LogP contribution in [-0.4, -0.2) is 0 Å². The molecule has 4 heteroatoms. The van der Waals surface area contributed by atoms with E-state index >= 15 is 0 Å². The Kier molecular flexibility index (Phi) is 3.97. The fourth-order valence-electron chi connectivity index (χ4n) is 1.53. The Morgan fingerprint density at radius 2 is 1.89 bits per heavy atom. The third-order valence-electron chi connectivity index (χ3n) is 2.48. The van der Waals surface area contributed by atoms with Gasteiger partial charge in [0.1, 0.15) is 24.0 Å². The lowest BCUT2D eigenvalue weighted by Crippen LogP contribution is -1.99. The van der Waals surface area contributed by atoms with Gasteiger partial charge in [-0.2, -0.15) is 0 Å². The van der Waals surface area contributed by atoms with E-state index in [1.54, 1.807) is 6.07 Å². The van der Waals surface area contributed by atoms with Gasteiger partial charge in [0.05, 0.1) is 4.47 Å². The molecule has 0 heterocycles. The van der Waals surface area contributed by atoms with Gasteiger partial charge in [-0.15, -0.1) is 0 Å². The zero-order chi connectivity index (χ0) is 13.1. The predicted molar refractivity (Wildman–Crippen MR) is 69.6 cm³/mol. The van der Waals surface area contributed by atoms with E-state index in [9.17, 15) is 8.78 Å². The van der Waals surface area contributed by atoms with Gasteiger partial charge >= 0.3 is 0 Å². The van der Waals surface area contributed by atoms with Crippen LogP contribution in [0.4, 0.5) is 8.78 Å². The van der Waals surface area contributed by atoms with Crippen molar-refractivity contribution in [3.8, 4) is 5.75 Å². The summed E-state index contributed by atoms with van der Waals surface area (Å²) in [6, 6.07) is 8.90. The van der Waals surface area contributed by atoms with Gasteiger partial charge < -0.3 is 4.74 Å². The highest BCUT2D eigenvalue weighted by molar-refractivity contribution is 9.10. The molecule has 0 unspecified atom stereocenters. The maximum Gasteiger partial charge on any atom is 0.134 e. The van der Waals surface area contributed by atoms with E-state index in [2.05, 4.69) is 15.9 Å². The zero-order valence-corrected chi connectivity index (χ0v) is 11.3. The first kappa shape index (κ1) is 13.0. The summed E-state index contributed by atoms with van der Waals surface area (Å²) in [5.41, 5.74) is 1.29. The first-order chi connectivity index (χ1) is 8.56. The average molecular weight is 313 g/mol. The van der Waals surface area contributed by atoms with Crippen LogP contribution in [0.2, 0.25) is 0 Å². The summed E-state index contributed by atoms with van der Waals surface area (Å²) in [5, 5.41) is 0. The molecular weight excluding hydrogens is 302 g/mol. The van der Waals surface area contributed by atoms with Crippen LogP contribution in [0.15, 0.2) is 40.9 Å². The van der Waals surface area contributed by atoms with Crippen LogP contribution in [0.5, 0.6) is 5.75 Å². The molecule has 0 fully saturated rings. The summed E-state index contributed by atoms with van der Waals surface area (Å²) in [5.74, 6) is -0.345. The third-order valence-corrected chi connectivity index (χ3v) is 3.10. The zero-order valence-electron chi connectivity index (χ0n) is 9.71. The van der Waals surface area contributed by atoms with E-state index in [0.717, 1.165) is 28.2 Å². The van der Waals surface area contributed by atoms with Crippen molar-refractivity contribution in [3.63, 3.8) is 0 Å². The smallest absolute Gasteiger partial charge is 0.134 e. The molecule has 0 atom stereocenters. The molecule has 0 saturated heterocycles. The summed E-state index contributed by atoms with van der Waals surface area (Å²) in [4.78, 5) is 0. The number of hydrogen-bond donors (Lipinski definition) is 0. The number of hydrogen-bond acceptors (Lipinski definition) is 1. The van der Waals surface area contributed by atoms with Crippen LogP contribution in [0, 0.1) is 18.6 Å². The maximum atomic E-state index is 13.4. The molecular formula is C14H11BrF2O. The van der Waals surface area contributed by atoms with Gasteiger partial charge in [-0.05, 0) is 58.7 Å². The second-order valence-corrected chi connectivity index (χ2v) is 4.81. The van der Waals surface area contributed by atoms with Crippen molar-refractivity contribution in [2.45, 2.75) is 13.5 Å². The highest BCUT2D eigenvalue weighted by atomic mass is 79.9. The molecule has 0 aliphatic carbocycles. The molecule has 0 saturated carbocycles. The normalized spacial score (nSPS) is 10.4. The molecule has 0 radical (unpaired) electrons. The van der Waals surface area contributed by atoms with Crippen LogP contribution in [0.25, 0.3) is 0 Å². The molecule has 0 bridgehead atoms. The number of halogens is 3. The first-order valence-corrected chi connectivity index (χ1v) is 6.18.